The Balaban J connectivity index is 1.42. The van der Waals surface area contributed by atoms with Gasteiger partial charge in [-0.05, 0) is 52.6 Å². The maximum absolute atomic E-state index is 13.1. The lowest BCUT2D eigenvalue weighted by molar-refractivity contribution is 0.0739. The molecule has 3 aromatic carbocycles. The molecule has 0 radical (unpaired) electrons. The highest BCUT2D eigenvalue weighted by Gasteiger charge is 2.23. The third kappa shape index (κ3) is 3.82. The first-order valence-electron chi connectivity index (χ1n) is 9.96. The van der Waals surface area contributed by atoms with Crippen molar-refractivity contribution in [3.8, 4) is 0 Å². The number of thiophene rings is 1. The first-order chi connectivity index (χ1) is 15.0. The van der Waals surface area contributed by atoms with Gasteiger partial charge in [0.1, 0.15) is 0 Å². The molecule has 1 N–H and O–H groups in total. The van der Waals surface area contributed by atoms with E-state index in [0.29, 0.717) is 24.2 Å². The van der Waals surface area contributed by atoms with Gasteiger partial charge in [0.2, 0.25) is 0 Å². The first kappa shape index (κ1) is 19.8. The highest BCUT2D eigenvalue weighted by atomic mass is 32.2. The summed E-state index contributed by atoms with van der Waals surface area (Å²) < 4.78 is 29.0. The van der Waals surface area contributed by atoms with Gasteiger partial charge in [-0.1, -0.05) is 48.5 Å². The van der Waals surface area contributed by atoms with Crippen LogP contribution >= 0.6 is 11.3 Å². The van der Waals surface area contributed by atoms with E-state index in [-0.39, 0.29) is 10.8 Å². The molecule has 0 saturated carbocycles. The van der Waals surface area contributed by atoms with Crippen molar-refractivity contribution in [3.05, 3.63) is 94.2 Å². The molecule has 1 aliphatic rings. The lowest BCUT2D eigenvalue weighted by Crippen LogP contribution is -2.35. The average Bonchev–Trinajstić information content (AvgIpc) is 3.32. The van der Waals surface area contributed by atoms with Crippen LogP contribution in [0.1, 0.15) is 20.8 Å². The van der Waals surface area contributed by atoms with Crippen LogP contribution in [-0.4, -0.2) is 25.8 Å². The Kier molecular flexibility index (Phi) is 5.00. The van der Waals surface area contributed by atoms with Crippen molar-refractivity contribution in [3.63, 3.8) is 0 Å². The zero-order chi connectivity index (χ0) is 21.4. The maximum atomic E-state index is 13.1. The number of carbonyl (C=O) groups excluding carboxylic acids is 1. The molecule has 0 aliphatic carbocycles. The molecule has 7 heteroatoms. The number of hydrogen-bond acceptors (Lipinski definition) is 4. The zero-order valence-electron chi connectivity index (χ0n) is 16.6. The van der Waals surface area contributed by atoms with Crippen molar-refractivity contribution in [2.45, 2.75) is 17.9 Å². The van der Waals surface area contributed by atoms with Crippen LogP contribution in [0.25, 0.3) is 10.8 Å². The molecule has 1 aromatic heterocycles. The average molecular weight is 449 g/mol. The molecular weight excluding hydrogens is 428 g/mol. The number of hydrogen-bond donors (Lipinski definition) is 1. The largest absolute Gasteiger partial charge is 0.333 e. The van der Waals surface area contributed by atoms with Gasteiger partial charge in [0.05, 0.1) is 9.77 Å². The monoisotopic (exact) mass is 448 g/mol. The topological polar surface area (TPSA) is 66.5 Å². The molecule has 31 heavy (non-hydrogen) atoms. The molecule has 5 rings (SSSR count). The van der Waals surface area contributed by atoms with Gasteiger partial charge < -0.3 is 4.90 Å². The Hall–Kier alpha value is -3.16. The number of nitrogens with one attached hydrogen (secondary N) is 1. The lowest BCUT2D eigenvalue weighted by Gasteiger charge is -2.29. The van der Waals surface area contributed by atoms with E-state index in [4.69, 9.17) is 0 Å². The zero-order valence-corrected chi connectivity index (χ0v) is 18.2. The fraction of sp³-hybridized carbons (Fsp3) is 0.125. The predicted octanol–water partition coefficient (Wildman–Crippen LogP) is 4.90. The molecule has 0 bridgehead atoms. The van der Waals surface area contributed by atoms with Gasteiger partial charge in [-0.2, -0.15) is 0 Å². The fourth-order valence-corrected chi connectivity index (χ4v) is 5.96. The number of rotatable bonds is 4. The summed E-state index contributed by atoms with van der Waals surface area (Å²) >= 11 is 1.43. The number of benzene rings is 3. The van der Waals surface area contributed by atoms with Crippen LogP contribution in [0.2, 0.25) is 0 Å². The minimum Gasteiger partial charge on any atom is -0.333 e. The molecule has 0 fully saturated rings. The van der Waals surface area contributed by atoms with Crippen LogP contribution in [0.3, 0.4) is 0 Å². The number of nitrogens with zero attached hydrogens (tertiary/aromatic N) is 1. The predicted molar refractivity (Wildman–Crippen MR) is 124 cm³/mol. The van der Waals surface area contributed by atoms with Crippen LogP contribution in [-0.2, 0) is 23.0 Å². The first-order valence-corrected chi connectivity index (χ1v) is 12.3. The third-order valence-electron chi connectivity index (χ3n) is 5.53. The fourth-order valence-electron chi connectivity index (χ4n) is 3.99. The van der Waals surface area contributed by atoms with Crippen molar-refractivity contribution in [1.82, 2.24) is 4.90 Å². The van der Waals surface area contributed by atoms with E-state index in [1.54, 1.807) is 18.2 Å². The molecule has 5 nitrogen and oxygen atoms in total. The maximum Gasteiger partial charge on any atom is 0.264 e. The van der Waals surface area contributed by atoms with E-state index in [1.807, 2.05) is 64.9 Å². The molecule has 4 aromatic rings. The lowest BCUT2D eigenvalue weighted by atomic mass is 9.99. The third-order valence-corrected chi connectivity index (χ3v) is 7.83. The summed E-state index contributed by atoms with van der Waals surface area (Å²) in [5.74, 6) is 0.0161. The van der Waals surface area contributed by atoms with Gasteiger partial charge in [0.25, 0.3) is 15.9 Å². The number of carbonyl (C=O) groups is 1. The minimum absolute atomic E-state index is 0.0161. The highest BCUT2D eigenvalue weighted by Crippen LogP contribution is 2.28. The summed E-state index contributed by atoms with van der Waals surface area (Å²) in [6, 6.07) is 22.0. The SMILES string of the molecule is O=C(c1cccs1)N1CCc2ccc(NS(=O)(=O)c3cccc4ccccc34)cc2C1. The van der Waals surface area contributed by atoms with Gasteiger partial charge >= 0.3 is 0 Å². The van der Waals surface area contributed by atoms with Gasteiger partial charge in [0, 0.05) is 24.2 Å². The summed E-state index contributed by atoms with van der Waals surface area (Å²) in [6.45, 7) is 1.13. The van der Waals surface area contributed by atoms with E-state index in [0.717, 1.165) is 27.8 Å². The molecule has 1 amide bonds. The van der Waals surface area contributed by atoms with E-state index in [1.165, 1.54) is 11.3 Å². The second kappa shape index (κ2) is 7.83. The molecule has 0 unspecified atom stereocenters. The van der Waals surface area contributed by atoms with Crippen LogP contribution in [0.4, 0.5) is 5.69 Å². The van der Waals surface area contributed by atoms with E-state index >= 15 is 0 Å². The summed E-state index contributed by atoms with van der Waals surface area (Å²) in [5, 5.41) is 3.45. The Bertz CT molecular complexity index is 1370. The Labute approximate surface area is 185 Å². The normalized spacial score (nSPS) is 13.7. The van der Waals surface area contributed by atoms with Crippen molar-refractivity contribution in [2.75, 3.05) is 11.3 Å². The van der Waals surface area contributed by atoms with E-state index in [9.17, 15) is 13.2 Å². The smallest absolute Gasteiger partial charge is 0.264 e. The van der Waals surface area contributed by atoms with Gasteiger partial charge in [0.15, 0.2) is 0 Å². The number of sulfonamides is 1. The molecular formula is C24H20N2O3S2. The Morgan fingerprint density at radius 1 is 0.935 bits per heavy atom. The van der Waals surface area contributed by atoms with Crippen molar-refractivity contribution < 1.29 is 13.2 Å². The second-order valence-corrected chi connectivity index (χ2v) is 10.1. The minimum atomic E-state index is -3.76. The van der Waals surface area contributed by atoms with Crippen LogP contribution < -0.4 is 4.72 Å². The highest BCUT2D eigenvalue weighted by molar-refractivity contribution is 7.93. The molecule has 0 spiro atoms. The van der Waals surface area contributed by atoms with E-state index in [2.05, 4.69) is 4.72 Å². The van der Waals surface area contributed by atoms with Crippen LogP contribution in [0.15, 0.2) is 83.1 Å². The van der Waals surface area contributed by atoms with Crippen molar-refractivity contribution in [1.29, 1.82) is 0 Å². The molecule has 2 heterocycles. The summed E-state index contributed by atoms with van der Waals surface area (Å²) in [4.78, 5) is 15.5. The quantitative estimate of drug-likeness (QED) is 0.483. The van der Waals surface area contributed by atoms with Crippen molar-refractivity contribution >= 4 is 43.7 Å². The number of amides is 1. The summed E-state index contributed by atoms with van der Waals surface area (Å²) in [5.41, 5.74) is 2.61. The second-order valence-electron chi connectivity index (χ2n) is 7.52. The molecule has 1 aliphatic heterocycles. The van der Waals surface area contributed by atoms with Crippen LogP contribution in [0.5, 0.6) is 0 Å². The van der Waals surface area contributed by atoms with Gasteiger partial charge in [-0.25, -0.2) is 8.42 Å². The van der Waals surface area contributed by atoms with Crippen LogP contribution in [0, 0.1) is 0 Å². The van der Waals surface area contributed by atoms with Crippen molar-refractivity contribution in [2.24, 2.45) is 0 Å². The number of anilines is 1. The van der Waals surface area contributed by atoms with E-state index < -0.39 is 10.0 Å². The van der Waals surface area contributed by atoms with Gasteiger partial charge in [-0.3, -0.25) is 9.52 Å². The summed E-state index contributed by atoms with van der Waals surface area (Å²) in [6.07, 6.45) is 0.753. The standard InChI is InChI=1S/C24H20N2O3S2/c27-24(22-8-4-14-30-22)26-13-12-17-10-11-20(15-19(17)16-26)25-31(28,29)23-9-3-6-18-5-1-2-7-21(18)23/h1-11,14-15,25H,12-13,16H2. The number of fused-ring (bicyclic) bond motifs is 2. The molecule has 0 atom stereocenters. The Morgan fingerprint density at radius 2 is 1.77 bits per heavy atom. The molecule has 156 valence electrons. The Morgan fingerprint density at radius 3 is 2.61 bits per heavy atom. The summed E-state index contributed by atoms with van der Waals surface area (Å²) in [7, 11) is -3.76. The van der Waals surface area contributed by atoms with Gasteiger partial charge in [-0.15, -0.1) is 11.3 Å². The molecule has 0 saturated heterocycles.